The Bertz CT molecular complexity index is 419. The molecule has 19 heavy (non-hydrogen) atoms. The van der Waals surface area contributed by atoms with Crippen molar-refractivity contribution in [1.82, 2.24) is 0 Å². The van der Waals surface area contributed by atoms with Crippen LogP contribution in [0.2, 0.25) is 0 Å². The lowest BCUT2D eigenvalue weighted by molar-refractivity contribution is 0.173. The summed E-state index contributed by atoms with van der Waals surface area (Å²) >= 11 is 3.58. The van der Waals surface area contributed by atoms with Crippen LogP contribution >= 0.6 is 15.9 Å². The summed E-state index contributed by atoms with van der Waals surface area (Å²) in [7, 11) is 0. The van der Waals surface area contributed by atoms with E-state index in [0.29, 0.717) is 19.1 Å². The molecule has 0 atom stereocenters. The van der Waals surface area contributed by atoms with E-state index in [1.165, 1.54) is 24.8 Å². The van der Waals surface area contributed by atoms with E-state index in [4.69, 9.17) is 15.2 Å². The molecule has 0 saturated heterocycles. The van der Waals surface area contributed by atoms with Gasteiger partial charge in [0.05, 0.1) is 17.7 Å². The molecule has 2 N–H and O–H groups in total. The molecule has 0 spiro atoms. The van der Waals surface area contributed by atoms with Crippen LogP contribution in [0.5, 0.6) is 11.5 Å². The quantitative estimate of drug-likeness (QED) is 0.833. The van der Waals surface area contributed by atoms with Crippen molar-refractivity contribution in [3.63, 3.8) is 0 Å². The van der Waals surface area contributed by atoms with Crippen molar-refractivity contribution < 1.29 is 9.47 Å². The number of nitrogens with two attached hydrogens (primary N) is 1. The van der Waals surface area contributed by atoms with Gasteiger partial charge in [-0.05, 0) is 72.3 Å². The summed E-state index contributed by atoms with van der Waals surface area (Å²) in [6, 6.07) is 4.11. The Balaban J connectivity index is 2.13. The van der Waals surface area contributed by atoms with Crippen molar-refractivity contribution in [1.29, 1.82) is 0 Å². The molecule has 1 aliphatic carbocycles. The molecule has 0 amide bonds. The average molecular weight is 328 g/mol. The minimum Gasteiger partial charge on any atom is -0.490 e. The zero-order chi connectivity index (χ0) is 13.7. The second-order valence-electron chi connectivity index (χ2n) is 4.98. The summed E-state index contributed by atoms with van der Waals surface area (Å²) in [5.74, 6) is 2.36. The minimum absolute atomic E-state index is 0.637. The molecular formula is C15H22BrNO2. The maximum Gasteiger partial charge on any atom is 0.175 e. The Morgan fingerprint density at radius 2 is 2.11 bits per heavy atom. The molecule has 4 heteroatoms. The van der Waals surface area contributed by atoms with Crippen LogP contribution < -0.4 is 15.2 Å². The topological polar surface area (TPSA) is 44.5 Å². The van der Waals surface area contributed by atoms with Gasteiger partial charge in [0.15, 0.2) is 11.5 Å². The van der Waals surface area contributed by atoms with Crippen LogP contribution in [-0.2, 0) is 6.42 Å². The molecule has 1 fully saturated rings. The molecule has 0 radical (unpaired) electrons. The van der Waals surface area contributed by atoms with E-state index in [2.05, 4.69) is 22.0 Å². The van der Waals surface area contributed by atoms with Crippen LogP contribution in [0, 0.1) is 5.92 Å². The predicted octanol–water partition coefficient (Wildman–Crippen LogP) is 3.53. The Hall–Kier alpha value is -0.740. The van der Waals surface area contributed by atoms with E-state index in [1.807, 2.05) is 13.0 Å². The summed E-state index contributed by atoms with van der Waals surface area (Å²) in [6.07, 6.45) is 4.75. The number of ether oxygens (including phenoxy) is 2. The highest BCUT2D eigenvalue weighted by atomic mass is 79.9. The van der Waals surface area contributed by atoms with Gasteiger partial charge in [0, 0.05) is 0 Å². The lowest BCUT2D eigenvalue weighted by Gasteiger charge is -2.26. The molecule has 0 aromatic heterocycles. The van der Waals surface area contributed by atoms with E-state index < -0.39 is 0 Å². The van der Waals surface area contributed by atoms with Crippen molar-refractivity contribution in [3.05, 3.63) is 22.2 Å². The van der Waals surface area contributed by atoms with Gasteiger partial charge in [0.2, 0.25) is 0 Å². The van der Waals surface area contributed by atoms with Gasteiger partial charge in [0.1, 0.15) is 0 Å². The molecule has 2 rings (SSSR count). The average Bonchev–Trinajstić information content (AvgIpc) is 2.31. The first-order chi connectivity index (χ1) is 9.24. The van der Waals surface area contributed by atoms with Crippen LogP contribution in [0.3, 0.4) is 0 Å². The van der Waals surface area contributed by atoms with Gasteiger partial charge >= 0.3 is 0 Å². The summed E-state index contributed by atoms with van der Waals surface area (Å²) in [5, 5.41) is 0. The van der Waals surface area contributed by atoms with Crippen LogP contribution in [0.4, 0.5) is 0 Å². The molecule has 1 aliphatic rings. The van der Waals surface area contributed by atoms with Crippen molar-refractivity contribution in [2.24, 2.45) is 11.7 Å². The van der Waals surface area contributed by atoms with Gasteiger partial charge in [-0.15, -0.1) is 0 Å². The third-order valence-electron chi connectivity index (χ3n) is 3.49. The Morgan fingerprint density at radius 1 is 1.32 bits per heavy atom. The lowest BCUT2D eigenvalue weighted by Crippen LogP contribution is -2.19. The molecule has 1 aromatic rings. The fourth-order valence-electron chi connectivity index (χ4n) is 2.20. The number of halogens is 1. The Labute approximate surface area is 123 Å². The van der Waals surface area contributed by atoms with Gasteiger partial charge in [-0.2, -0.15) is 0 Å². The fraction of sp³-hybridized carbons (Fsp3) is 0.600. The van der Waals surface area contributed by atoms with Crippen molar-refractivity contribution in [3.8, 4) is 11.5 Å². The highest BCUT2D eigenvalue weighted by molar-refractivity contribution is 9.10. The lowest BCUT2D eigenvalue weighted by atomic mass is 9.86. The van der Waals surface area contributed by atoms with E-state index in [0.717, 1.165) is 29.0 Å². The van der Waals surface area contributed by atoms with Crippen LogP contribution in [-0.4, -0.2) is 19.8 Å². The second-order valence-corrected chi connectivity index (χ2v) is 5.84. The maximum atomic E-state index is 5.95. The van der Waals surface area contributed by atoms with Crippen molar-refractivity contribution in [2.75, 3.05) is 19.8 Å². The number of hydrogen-bond donors (Lipinski definition) is 1. The number of hydrogen-bond acceptors (Lipinski definition) is 3. The van der Waals surface area contributed by atoms with Gasteiger partial charge in [-0.25, -0.2) is 0 Å². The summed E-state index contributed by atoms with van der Waals surface area (Å²) in [5.41, 5.74) is 6.78. The minimum atomic E-state index is 0.637. The number of benzene rings is 1. The molecule has 106 valence electrons. The molecule has 1 saturated carbocycles. The smallest absolute Gasteiger partial charge is 0.175 e. The van der Waals surface area contributed by atoms with Gasteiger partial charge in [-0.3, -0.25) is 0 Å². The standard InChI is InChI=1S/C15H22BrNO2/c1-2-18-14-9-12(6-7-17)8-13(16)15(14)19-10-11-4-3-5-11/h8-9,11H,2-7,10,17H2,1H3. The first kappa shape index (κ1) is 14.7. The summed E-state index contributed by atoms with van der Waals surface area (Å²) < 4.78 is 12.6. The van der Waals surface area contributed by atoms with Crippen LogP contribution in [0.1, 0.15) is 31.7 Å². The number of rotatable bonds is 7. The van der Waals surface area contributed by atoms with Crippen LogP contribution in [0.15, 0.2) is 16.6 Å². The van der Waals surface area contributed by atoms with Crippen molar-refractivity contribution >= 4 is 15.9 Å². The van der Waals surface area contributed by atoms with Gasteiger partial charge in [0.25, 0.3) is 0 Å². The first-order valence-corrected chi connectivity index (χ1v) is 7.82. The molecule has 0 heterocycles. The van der Waals surface area contributed by atoms with E-state index in [1.54, 1.807) is 0 Å². The maximum absolute atomic E-state index is 5.95. The summed E-state index contributed by atoms with van der Waals surface area (Å²) in [4.78, 5) is 0. The largest absolute Gasteiger partial charge is 0.490 e. The molecule has 0 aliphatic heterocycles. The third-order valence-corrected chi connectivity index (χ3v) is 4.08. The van der Waals surface area contributed by atoms with E-state index in [9.17, 15) is 0 Å². The normalized spacial score (nSPS) is 15.1. The van der Waals surface area contributed by atoms with E-state index in [-0.39, 0.29) is 0 Å². The SMILES string of the molecule is CCOc1cc(CCN)cc(Br)c1OCC1CCC1. The molecule has 0 unspecified atom stereocenters. The Morgan fingerprint density at radius 3 is 2.68 bits per heavy atom. The Kier molecular flexibility index (Phi) is 5.52. The third kappa shape index (κ3) is 3.86. The van der Waals surface area contributed by atoms with Crippen LogP contribution in [0.25, 0.3) is 0 Å². The summed E-state index contributed by atoms with van der Waals surface area (Å²) in [6.45, 7) is 4.05. The fourth-order valence-corrected chi connectivity index (χ4v) is 2.80. The van der Waals surface area contributed by atoms with Crippen molar-refractivity contribution in [2.45, 2.75) is 32.6 Å². The van der Waals surface area contributed by atoms with E-state index >= 15 is 0 Å². The predicted molar refractivity (Wildman–Crippen MR) is 80.9 cm³/mol. The monoisotopic (exact) mass is 327 g/mol. The van der Waals surface area contributed by atoms with Gasteiger partial charge < -0.3 is 15.2 Å². The second kappa shape index (κ2) is 7.15. The zero-order valence-electron chi connectivity index (χ0n) is 11.5. The highest BCUT2D eigenvalue weighted by Gasteiger charge is 2.20. The van der Waals surface area contributed by atoms with Gasteiger partial charge in [-0.1, -0.05) is 6.42 Å². The molecule has 0 bridgehead atoms. The highest BCUT2D eigenvalue weighted by Crippen LogP contribution is 2.38. The first-order valence-electron chi connectivity index (χ1n) is 7.02. The zero-order valence-corrected chi connectivity index (χ0v) is 13.0. The molecule has 1 aromatic carbocycles. The molecule has 3 nitrogen and oxygen atoms in total. The molecular weight excluding hydrogens is 306 g/mol.